The lowest BCUT2D eigenvalue weighted by Gasteiger charge is -2.16. The monoisotopic (exact) mass is 236 g/mol. The average Bonchev–Trinajstić information content (AvgIpc) is 2.27. The van der Waals surface area contributed by atoms with Crippen LogP contribution in [0, 0.1) is 11.8 Å². The number of ether oxygens (including phenoxy) is 1. The summed E-state index contributed by atoms with van der Waals surface area (Å²) in [5, 5.41) is 9.08. The third-order valence-corrected chi connectivity index (χ3v) is 2.59. The fourth-order valence-electron chi connectivity index (χ4n) is 1.72. The number of aliphatic carboxylic acids is 1. The number of carbonyl (C=O) groups excluding carboxylic acids is 1. The maximum absolute atomic E-state index is 12.1. The summed E-state index contributed by atoms with van der Waals surface area (Å²) >= 11 is 0. The first-order chi connectivity index (χ1) is 7.99. The van der Waals surface area contributed by atoms with Gasteiger partial charge in [-0.2, -0.15) is 0 Å². The van der Waals surface area contributed by atoms with Crippen molar-refractivity contribution >= 4 is 11.8 Å². The van der Waals surface area contributed by atoms with Gasteiger partial charge in [-0.15, -0.1) is 0 Å². The highest BCUT2D eigenvalue weighted by Gasteiger charge is 2.31. The van der Waals surface area contributed by atoms with Crippen molar-refractivity contribution in [1.82, 2.24) is 0 Å². The third kappa shape index (κ3) is 2.84. The van der Waals surface area contributed by atoms with Crippen LogP contribution in [0.1, 0.15) is 24.2 Å². The SMILES string of the molecule is COc1ccccc1C(=O)C(C(=O)O)C(C)C. The molecule has 4 nitrogen and oxygen atoms in total. The average molecular weight is 236 g/mol. The molecule has 0 fully saturated rings. The van der Waals surface area contributed by atoms with Crippen LogP contribution in [-0.2, 0) is 4.79 Å². The maximum atomic E-state index is 12.1. The Bertz CT molecular complexity index is 423. The van der Waals surface area contributed by atoms with Crippen LogP contribution >= 0.6 is 0 Å². The van der Waals surface area contributed by atoms with Crippen LogP contribution in [0.25, 0.3) is 0 Å². The molecule has 1 unspecified atom stereocenters. The van der Waals surface area contributed by atoms with Crippen molar-refractivity contribution in [2.45, 2.75) is 13.8 Å². The van der Waals surface area contributed by atoms with Crippen LogP contribution in [0.4, 0.5) is 0 Å². The second-order valence-electron chi connectivity index (χ2n) is 4.12. The maximum Gasteiger partial charge on any atom is 0.314 e. The predicted octanol–water partition coefficient (Wildman–Crippen LogP) is 2.23. The smallest absolute Gasteiger partial charge is 0.314 e. The number of carbonyl (C=O) groups is 2. The summed E-state index contributed by atoms with van der Waals surface area (Å²) in [6, 6.07) is 6.65. The normalized spacial score (nSPS) is 12.2. The van der Waals surface area contributed by atoms with Crippen LogP contribution in [0.3, 0.4) is 0 Å². The fraction of sp³-hybridized carbons (Fsp3) is 0.385. The predicted molar refractivity (Wildman–Crippen MR) is 63.3 cm³/mol. The van der Waals surface area contributed by atoms with Crippen molar-refractivity contribution in [2.75, 3.05) is 7.11 Å². The number of ketones is 1. The highest BCUT2D eigenvalue weighted by molar-refractivity contribution is 6.09. The molecule has 0 aliphatic heterocycles. The number of benzene rings is 1. The van der Waals surface area contributed by atoms with Gasteiger partial charge in [0.25, 0.3) is 0 Å². The molecule has 0 heterocycles. The van der Waals surface area contributed by atoms with Gasteiger partial charge in [-0.25, -0.2) is 0 Å². The number of hydrogen-bond acceptors (Lipinski definition) is 3. The lowest BCUT2D eigenvalue weighted by molar-refractivity contribution is -0.141. The first-order valence-corrected chi connectivity index (χ1v) is 5.39. The van der Waals surface area contributed by atoms with Gasteiger partial charge in [0.15, 0.2) is 5.78 Å². The molecule has 1 aromatic carbocycles. The molecule has 0 radical (unpaired) electrons. The minimum Gasteiger partial charge on any atom is -0.496 e. The molecule has 0 saturated heterocycles. The zero-order valence-corrected chi connectivity index (χ0v) is 10.1. The molecule has 0 spiro atoms. The molecule has 1 aromatic rings. The van der Waals surface area contributed by atoms with Gasteiger partial charge in [-0.1, -0.05) is 26.0 Å². The Hall–Kier alpha value is -1.84. The number of Topliss-reactive ketones (excluding diaryl/α,β-unsaturated/α-hetero) is 1. The van der Waals surface area contributed by atoms with Crippen molar-refractivity contribution in [1.29, 1.82) is 0 Å². The Morgan fingerprint density at radius 3 is 2.29 bits per heavy atom. The molecule has 0 saturated carbocycles. The summed E-state index contributed by atoms with van der Waals surface area (Å²) in [7, 11) is 1.46. The van der Waals surface area contributed by atoms with Gasteiger partial charge in [0.2, 0.25) is 0 Å². The van der Waals surface area contributed by atoms with Gasteiger partial charge in [0.1, 0.15) is 11.7 Å². The summed E-state index contributed by atoms with van der Waals surface area (Å²) in [6.45, 7) is 3.43. The van der Waals surface area contributed by atoms with Crippen LogP contribution in [0.15, 0.2) is 24.3 Å². The van der Waals surface area contributed by atoms with E-state index in [1.807, 2.05) is 0 Å². The van der Waals surface area contributed by atoms with Crippen molar-refractivity contribution in [3.63, 3.8) is 0 Å². The first kappa shape index (κ1) is 13.2. The van der Waals surface area contributed by atoms with E-state index in [2.05, 4.69) is 0 Å². The molecule has 1 N–H and O–H groups in total. The van der Waals surface area contributed by atoms with Crippen molar-refractivity contribution in [3.05, 3.63) is 29.8 Å². The number of para-hydroxylation sites is 1. The Labute approximate surface area is 100 Å². The third-order valence-electron chi connectivity index (χ3n) is 2.59. The van der Waals surface area contributed by atoms with E-state index >= 15 is 0 Å². The molecule has 0 aromatic heterocycles. The van der Waals surface area contributed by atoms with E-state index in [0.29, 0.717) is 11.3 Å². The number of rotatable bonds is 5. The van der Waals surface area contributed by atoms with Gasteiger partial charge in [-0.3, -0.25) is 9.59 Å². The van der Waals surface area contributed by atoms with Gasteiger partial charge < -0.3 is 9.84 Å². The molecule has 0 amide bonds. The van der Waals surface area contributed by atoms with Gasteiger partial charge >= 0.3 is 5.97 Å². The Morgan fingerprint density at radius 2 is 1.82 bits per heavy atom. The summed E-state index contributed by atoms with van der Waals surface area (Å²) in [5.41, 5.74) is 0.316. The highest BCUT2D eigenvalue weighted by atomic mass is 16.5. The lowest BCUT2D eigenvalue weighted by atomic mass is 9.88. The van der Waals surface area contributed by atoms with Crippen molar-refractivity contribution in [3.8, 4) is 5.75 Å². The topological polar surface area (TPSA) is 63.6 Å². The second kappa shape index (κ2) is 5.48. The minimum absolute atomic E-state index is 0.259. The molecule has 0 aliphatic rings. The van der Waals surface area contributed by atoms with E-state index in [1.54, 1.807) is 38.1 Å². The van der Waals surface area contributed by atoms with Crippen LogP contribution < -0.4 is 4.74 Å². The van der Waals surface area contributed by atoms with E-state index < -0.39 is 17.7 Å². The number of methoxy groups -OCH3 is 1. The number of carboxylic acid groups (broad SMARTS) is 1. The molecule has 1 rings (SSSR count). The highest BCUT2D eigenvalue weighted by Crippen LogP contribution is 2.24. The zero-order valence-electron chi connectivity index (χ0n) is 10.1. The largest absolute Gasteiger partial charge is 0.496 e. The van der Waals surface area contributed by atoms with Crippen LogP contribution in [0.2, 0.25) is 0 Å². The first-order valence-electron chi connectivity index (χ1n) is 5.39. The molecular weight excluding hydrogens is 220 g/mol. The quantitative estimate of drug-likeness (QED) is 0.629. The summed E-state index contributed by atoms with van der Waals surface area (Å²) in [5.74, 6) is -2.40. The van der Waals surface area contributed by atoms with E-state index in [4.69, 9.17) is 9.84 Å². The zero-order chi connectivity index (χ0) is 13.0. The number of hydrogen-bond donors (Lipinski definition) is 1. The van der Waals surface area contributed by atoms with Crippen LogP contribution in [0.5, 0.6) is 5.75 Å². The summed E-state index contributed by atoms with van der Waals surface area (Å²) in [6.07, 6.45) is 0. The van der Waals surface area contributed by atoms with Gasteiger partial charge in [0, 0.05) is 0 Å². The van der Waals surface area contributed by atoms with Crippen molar-refractivity contribution in [2.24, 2.45) is 11.8 Å². The van der Waals surface area contributed by atoms with Crippen LogP contribution in [-0.4, -0.2) is 24.0 Å². The molecular formula is C13H16O4. The molecule has 17 heavy (non-hydrogen) atoms. The van der Waals surface area contributed by atoms with E-state index in [1.165, 1.54) is 7.11 Å². The van der Waals surface area contributed by atoms with E-state index in [0.717, 1.165) is 0 Å². The van der Waals surface area contributed by atoms with Gasteiger partial charge in [-0.05, 0) is 18.1 Å². The molecule has 4 heteroatoms. The van der Waals surface area contributed by atoms with Crippen molar-refractivity contribution < 1.29 is 19.4 Å². The standard InChI is InChI=1S/C13H16O4/c1-8(2)11(13(15)16)12(14)9-6-4-5-7-10(9)17-3/h4-8,11H,1-3H3,(H,15,16). The van der Waals surface area contributed by atoms with E-state index in [9.17, 15) is 9.59 Å². The Morgan fingerprint density at radius 1 is 1.24 bits per heavy atom. The van der Waals surface area contributed by atoms with Gasteiger partial charge in [0.05, 0.1) is 12.7 Å². The number of carboxylic acids is 1. The summed E-state index contributed by atoms with van der Waals surface area (Å²) < 4.78 is 5.06. The summed E-state index contributed by atoms with van der Waals surface area (Å²) in [4.78, 5) is 23.2. The molecule has 92 valence electrons. The molecule has 1 atom stereocenters. The Kier molecular flexibility index (Phi) is 4.26. The fourth-order valence-corrected chi connectivity index (χ4v) is 1.72. The Balaban J connectivity index is 3.14. The second-order valence-corrected chi connectivity index (χ2v) is 4.12. The molecule has 0 bridgehead atoms. The lowest BCUT2D eigenvalue weighted by Crippen LogP contribution is -2.29. The minimum atomic E-state index is -1.10. The molecule has 0 aliphatic carbocycles. The van der Waals surface area contributed by atoms with E-state index in [-0.39, 0.29) is 5.92 Å².